The molecule has 5 heteroatoms. The smallest absolute Gasteiger partial charge is 0.315 e. The number of hydrogen-bond acceptors (Lipinski definition) is 3. The minimum Gasteiger partial charge on any atom is -0.396 e. The van der Waals surface area contributed by atoms with Gasteiger partial charge < -0.3 is 20.6 Å². The molecule has 3 rings (SSSR count). The van der Waals surface area contributed by atoms with Gasteiger partial charge in [-0.25, -0.2) is 4.79 Å². The van der Waals surface area contributed by atoms with Crippen molar-refractivity contribution in [2.45, 2.75) is 63.1 Å². The van der Waals surface area contributed by atoms with E-state index in [9.17, 15) is 9.90 Å². The minimum absolute atomic E-state index is 0.0552. The Labute approximate surface area is 150 Å². The molecule has 1 heterocycles. The number of aliphatic hydroxyl groups excluding tert-OH is 1. The lowest BCUT2D eigenvalue weighted by Gasteiger charge is -2.36. The Morgan fingerprint density at radius 1 is 1.12 bits per heavy atom. The molecule has 0 bridgehead atoms. The van der Waals surface area contributed by atoms with E-state index in [1.165, 1.54) is 25.7 Å². The summed E-state index contributed by atoms with van der Waals surface area (Å²) in [7, 11) is 0. The molecule has 2 amide bonds. The molecule has 3 N–H and O–H groups in total. The number of piperidine rings is 1. The zero-order chi connectivity index (χ0) is 17.5. The highest BCUT2D eigenvalue weighted by Crippen LogP contribution is 2.26. The van der Waals surface area contributed by atoms with E-state index in [0.29, 0.717) is 6.42 Å². The second kappa shape index (κ2) is 9.20. The zero-order valence-electron chi connectivity index (χ0n) is 15.0. The highest BCUT2D eigenvalue weighted by Gasteiger charge is 2.27. The van der Waals surface area contributed by atoms with Gasteiger partial charge in [0.05, 0.1) is 6.04 Å². The fraction of sp³-hybridized carbons (Fsp3) is 0.650. The lowest BCUT2D eigenvalue weighted by atomic mass is 10.0. The molecular formula is C20H31N3O2. The monoisotopic (exact) mass is 345 g/mol. The molecule has 0 spiro atoms. The Balaban J connectivity index is 1.45. The molecule has 0 radical (unpaired) electrons. The summed E-state index contributed by atoms with van der Waals surface area (Å²) in [5.41, 5.74) is 1.03. The molecule has 1 saturated carbocycles. The van der Waals surface area contributed by atoms with Gasteiger partial charge in [-0.1, -0.05) is 43.2 Å². The number of benzene rings is 1. The summed E-state index contributed by atoms with van der Waals surface area (Å²) >= 11 is 0. The van der Waals surface area contributed by atoms with Gasteiger partial charge in [-0.3, -0.25) is 0 Å². The predicted octanol–water partition coefficient (Wildman–Crippen LogP) is 2.82. The number of aliphatic hydroxyl groups is 1. The van der Waals surface area contributed by atoms with Crippen molar-refractivity contribution in [2.24, 2.45) is 0 Å². The van der Waals surface area contributed by atoms with E-state index in [0.717, 1.165) is 37.5 Å². The fourth-order valence-corrected chi connectivity index (χ4v) is 4.20. The Bertz CT molecular complexity index is 523. The number of urea groups is 1. The largest absolute Gasteiger partial charge is 0.396 e. The van der Waals surface area contributed by atoms with Crippen LogP contribution in [0.4, 0.5) is 4.79 Å². The van der Waals surface area contributed by atoms with Crippen LogP contribution >= 0.6 is 0 Å². The van der Waals surface area contributed by atoms with Gasteiger partial charge in [0.1, 0.15) is 0 Å². The van der Waals surface area contributed by atoms with E-state index < -0.39 is 0 Å². The van der Waals surface area contributed by atoms with Crippen LogP contribution in [-0.2, 0) is 0 Å². The highest BCUT2D eigenvalue weighted by molar-refractivity contribution is 5.74. The maximum absolute atomic E-state index is 12.4. The molecule has 1 aromatic rings. The van der Waals surface area contributed by atoms with Crippen molar-refractivity contribution in [1.82, 2.24) is 15.5 Å². The zero-order valence-corrected chi connectivity index (χ0v) is 15.0. The Kier molecular flexibility index (Phi) is 6.70. The van der Waals surface area contributed by atoms with Crippen LogP contribution < -0.4 is 10.6 Å². The molecule has 1 aliphatic carbocycles. The van der Waals surface area contributed by atoms with Gasteiger partial charge in [0.25, 0.3) is 0 Å². The van der Waals surface area contributed by atoms with Crippen molar-refractivity contribution in [1.29, 1.82) is 0 Å². The molecule has 1 aliphatic heterocycles. The summed E-state index contributed by atoms with van der Waals surface area (Å²) < 4.78 is 0. The molecule has 2 fully saturated rings. The second-order valence-corrected chi connectivity index (χ2v) is 7.34. The van der Waals surface area contributed by atoms with Crippen molar-refractivity contribution < 1.29 is 9.90 Å². The molecule has 0 aromatic heterocycles. The third-order valence-electron chi connectivity index (χ3n) is 5.63. The number of rotatable bonds is 6. The lowest BCUT2D eigenvalue weighted by Crippen LogP contribution is -2.50. The van der Waals surface area contributed by atoms with Crippen molar-refractivity contribution in [3.05, 3.63) is 35.9 Å². The molecule has 2 aliphatic rings. The van der Waals surface area contributed by atoms with Crippen LogP contribution in [0.5, 0.6) is 0 Å². The Morgan fingerprint density at radius 2 is 1.80 bits per heavy atom. The van der Waals surface area contributed by atoms with E-state index in [1.54, 1.807) is 0 Å². The van der Waals surface area contributed by atoms with Gasteiger partial charge in [-0.15, -0.1) is 0 Å². The third-order valence-corrected chi connectivity index (χ3v) is 5.63. The van der Waals surface area contributed by atoms with Gasteiger partial charge in [0.2, 0.25) is 0 Å². The first-order valence-electron chi connectivity index (χ1n) is 9.73. The normalized spacial score (nSPS) is 21.2. The number of nitrogens with one attached hydrogen (secondary N) is 2. The summed E-state index contributed by atoms with van der Waals surface area (Å²) in [5.74, 6) is 0. The lowest BCUT2D eigenvalue weighted by molar-refractivity contribution is 0.145. The predicted molar refractivity (Wildman–Crippen MR) is 99.4 cm³/mol. The number of carbonyl (C=O) groups is 1. The van der Waals surface area contributed by atoms with Crippen LogP contribution in [0.1, 0.15) is 56.6 Å². The van der Waals surface area contributed by atoms with Crippen LogP contribution in [0.25, 0.3) is 0 Å². The summed E-state index contributed by atoms with van der Waals surface area (Å²) in [4.78, 5) is 15.0. The molecule has 1 aromatic carbocycles. The number of amides is 2. The van der Waals surface area contributed by atoms with Gasteiger partial charge in [0.15, 0.2) is 0 Å². The maximum Gasteiger partial charge on any atom is 0.315 e. The molecule has 25 heavy (non-hydrogen) atoms. The molecule has 0 unspecified atom stereocenters. The van der Waals surface area contributed by atoms with Crippen LogP contribution in [0.3, 0.4) is 0 Å². The van der Waals surface area contributed by atoms with Gasteiger partial charge >= 0.3 is 6.03 Å². The standard InChI is InChI=1S/C20H31N3O2/c24-15-12-19(16-6-2-1-3-7-16)22-20(25)21-17-10-13-23(14-11-17)18-8-4-5-9-18/h1-3,6-7,17-19,24H,4-5,8-15H2,(H2,21,22,25)/t19-/m1/s1. The number of carbonyl (C=O) groups excluding carboxylic acids is 1. The minimum atomic E-state index is -0.148. The quantitative estimate of drug-likeness (QED) is 0.743. The fourth-order valence-electron chi connectivity index (χ4n) is 4.20. The van der Waals surface area contributed by atoms with Crippen molar-refractivity contribution in [3.8, 4) is 0 Å². The molecule has 5 nitrogen and oxygen atoms in total. The van der Waals surface area contributed by atoms with E-state index in [2.05, 4.69) is 15.5 Å². The van der Waals surface area contributed by atoms with Gasteiger partial charge in [0, 0.05) is 31.8 Å². The van der Waals surface area contributed by atoms with Crippen LogP contribution in [0.15, 0.2) is 30.3 Å². The Hall–Kier alpha value is -1.59. The second-order valence-electron chi connectivity index (χ2n) is 7.34. The topological polar surface area (TPSA) is 64.6 Å². The first-order chi connectivity index (χ1) is 12.3. The van der Waals surface area contributed by atoms with E-state index in [1.807, 2.05) is 30.3 Å². The molecule has 138 valence electrons. The summed E-state index contributed by atoms with van der Waals surface area (Å²) in [5, 5.41) is 15.4. The van der Waals surface area contributed by atoms with E-state index in [4.69, 9.17) is 0 Å². The summed E-state index contributed by atoms with van der Waals surface area (Å²) in [6.07, 6.45) is 8.02. The van der Waals surface area contributed by atoms with Gasteiger partial charge in [-0.2, -0.15) is 0 Å². The Morgan fingerprint density at radius 3 is 2.44 bits per heavy atom. The van der Waals surface area contributed by atoms with Gasteiger partial charge in [-0.05, 0) is 37.7 Å². The summed E-state index contributed by atoms with van der Waals surface area (Å²) in [6, 6.07) is 10.6. The van der Waals surface area contributed by atoms with E-state index in [-0.39, 0.29) is 24.7 Å². The molecular weight excluding hydrogens is 314 g/mol. The first-order valence-corrected chi connectivity index (χ1v) is 9.73. The SMILES string of the molecule is O=C(NC1CCN(C2CCCC2)CC1)N[C@H](CCO)c1ccccc1. The van der Waals surface area contributed by atoms with Crippen LogP contribution in [0, 0.1) is 0 Å². The van der Waals surface area contributed by atoms with E-state index >= 15 is 0 Å². The van der Waals surface area contributed by atoms with Crippen molar-refractivity contribution in [2.75, 3.05) is 19.7 Å². The van der Waals surface area contributed by atoms with Crippen molar-refractivity contribution >= 4 is 6.03 Å². The number of hydrogen-bond donors (Lipinski definition) is 3. The maximum atomic E-state index is 12.4. The average molecular weight is 345 g/mol. The average Bonchev–Trinajstić information content (AvgIpc) is 3.17. The number of nitrogens with zero attached hydrogens (tertiary/aromatic N) is 1. The van der Waals surface area contributed by atoms with Crippen molar-refractivity contribution in [3.63, 3.8) is 0 Å². The summed E-state index contributed by atoms with van der Waals surface area (Å²) in [6.45, 7) is 2.24. The molecule has 1 atom stereocenters. The van der Waals surface area contributed by atoms with Crippen LogP contribution in [0.2, 0.25) is 0 Å². The molecule has 1 saturated heterocycles. The highest BCUT2D eigenvalue weighted by atomic mass is 16.3. The third kappa shape index (κ3) is 5.19. The van der Waals surface area contributed by atoms with Crippen LogP contribution in [-0.4, -0.2) is 47.8 Å². The number of likely N-dealkylation sites (tertiary alicyclic amines) is 1. The first kappa shape index (κ1) is 18.2.